The third kappa shape index (κ3) is 4.99. The van der Waals surface area contributed by atoms with E-state index in [1.165, 1.54) is 16.4 Å². The summed E-state index contributed by atoms with van der Waals surface area (Å²) < 4.78 is 29.8. The Hall–Kier alpha value is -3.47. The first-order chi connectivity index (χ1) is 18.6. The SMILES string of the molecule is CN1[C@H](C2CCCCC2)CN(c2ccccc2)c2cc(Cl)c(-c3ccc([N+](=O)[O-])c(C(=O)O)c3)cc2S1(=O)=O. The molecule has 204 valence electrons. The quantitative estimate of drug-likeness (QED) is 0.281. The number of para-hydroxylation sites is 1. The lowest BCUT2D eigenvalue weighted by molar-refractivity contribution is -0.385. The molecule has 2 aliphatic rings. The van der Waals surface area contributed by atoms with Crippen molar-refractivity contribution in [3.63, 3.8) is 0 Å². The molecule has 3 aromatic rings. The summed E-state index contributed by atoms with van der Waals surface area (Å²) in [4.78, 5) is 24.4. The molecule has 1 atom stereocenters. The fourth-order valence-electron chi connectivity index (χ4n) is 5.77. The summed E-state index contributed by atoms with van der Waals surface area (Å²) in [6.45, 7) is 0.452. The smallest absolute Gasteiger partial charge is 0.342 e. The number of nitro groups is 1. The zero-order valence-electron chi connectivity index (χ0n) is 21.3. The number of carboxylic acids is 1. The Morgan fingerprint density at radius 1 is 1.05 bits per heavy atom. The fraction of sp³-hybridized carbons (Fsp3) is 0.321. The van der Waals surface area contributed by atoms with Crippen LogP contribution in [0.5, 0.6) is 0 Å². The van der Waals surface area contributed by atoms with Gasteiger partial charge in [0, 0.05) is 37.0 Å². The fourth-order valence-corrected chi connectivity index (χ4v) is 7.64. The van der Waals surface area contributed by atoms with Crippen molar-refractivity contribution in [1.29, 1.82) is 0 Å². The molecule has 0 saturated heterocycles. The zero-order valence-corrected chi connectivity index (χ0v) is 22.9. The monoisotopic (exact) mass is 569 g/mol. The van der Waals surface area contributed by atoms with Crippen LogP contribution in [0.4, 0.5) is 17.1 Å². The maximum absolute atomic E-state index is 14.1. The largest absolute Gasteiger partial charge is 0.477 e. The topological polar surface area (TPSA) is 121 Å². The molecule has 0 bridgehead atoms. The second-order valence-electron chi connectivity index (χ2n) is 10.0. The van der Waals surface area contributed by atoms with Crippen LogP contribution in [0.3, 0.4) is 0 Å². The van der Waals surface area contributed by atoms with Crippen LogP contribution in [0.2, 0.25) is 5.02 Å². The number of anilines is 2. The number of benzene rings is 3. The lowest BCUT2D eigenvalue weighted by Gasteiger charge is -2.36. The molecule has 0 spiro atoms. The van der Waals surface area contributed by atoms with Crippen LogP contribution in [0.15, 0.2) is 65.6 Å². The molecule has 1 aliphatic carbocycles. The van der Waals surface area contributed by atoms with Crippen molar-refractivity contribution in [3.8, 4) is 11.1 Å². The van der Waals surface area contributed by atoms with Gasteiger partial charge in [0.2, 0.25) is 10.0 Å². The number of nitrogens with zero attached hydrogens (tertiary/aromatic N) is 3. The molecule has 39 heavy (non-hydrogen) atoms. The maximum Gasteiger partial charge on any atom is 0.342 e. The molecule has 1 N–H and O–H groups in total. The molecular weight excluding hydrogens is 542 g/mol. The van der Waals surface area contributed by atoms with Crippen LogP contribution in [0.1, 0.15) is 42.5 Å². The minimum Gasteiger partial charge on any atom is -0.477 e. The molecule has 3 aromatic carbocycles. The number of aromatic carboxylic acids is 1. The van der Waals surface area contributed by atoms with Gasteiger partial charge in [-0.25, -0.2) is 13.2 Å². The Kier molecular flexibility index (Phi) is 7.37. The van der Waals surface area contributed by atoms with Gasteiger partial charge in [0.15, 0.2) is 0 Å². The highest BCUT2D eigenvalue weighted by atomic mass is 35.5. The molecule has 0 unspecified atom stereocenters. The second kappa shape index (κ2) is 10.6. The average Bonchev–Trinajstić information content (AvgIpc) is 3.01. The van der Waals surface area contributed by atoms with E-state index in [0.717, 1.165) is 49.9 Å². The molecular formula is C28H28ClN3O6S. The molecule has 5 rings (SSSR count). The summed E-state index contributed by atoms with van der Waals surface area (Å²) in [6.07, 6.45) is 5.19. The van der Waals surface area contributed by atoms with Gasteiger partial charge in [0.05, 0.1) is 15.6 Å². The van der Waals surface area contributed by atoms with Crippen LogP contribution in [-0.4, -0.2) is 48.4 Å². The van der Waals surface area contributed by atoms with Crippen molar-refractivity contribution >= 4 is 44.7 Å². The van der Waals surface area contributed by atoms with E-state index < -0.39 is 32.2 Å². The predicted octanol–water partition coefficient (Wildman–Crippen LogP) is 6.33. The highest BCUT2D eigenvalue weighted by Crippen LogP contribution is 2.45. The highest BCUT2D eigenvalue weighted by Gasteiger charge is 2.41. The first-order valence-corrected chi connectivity index (χ1v) is 14.6. The van der Waals surface area contributed by atoms with E-state index in [1.54, 1.807) is 13.1 Å². The third-order valence-corrected chi connectivity index (χ3v) is 10.1. The Bertz CT molecular complexity index is 1540. The number of carbonyl (C=O) groups is 1. The van der Waals surface area contributed by atoms with Gasteiger partial charge >= 0.3 is 5.97 Å². The first-order valence-electron chi connectivity index (χ1n) is 12.8. The van der Waals surface area contributed by atoms with Crippen LogP contribution >= 0.6 is 11.6 Å². The summed E-state index contributed by atoms with van der Waals surface area (Å²) in [5.41, 5.74) is 0.733. The Morgan fingerprint density at radius 2 is 1.74 bits per heavy atom. The zero-order chi connectivity index (χ0) is 27.9. The predicted molar refractivity (Wildman–Crippen MR) is 149 cm³/mol. The van der Waals surface area contributed by atoms with Crippen LogP contribution < -0.4 is 4.90 Å². The lowest BCUT2D eigenvalue weighted by Crippen LogP contribution is -2.46. The van der Waals surface area contributed by atoms with E-state index in [9.17, 15) is 28.4 Å². The molecule has 1 heterocycles. The van der Waals surface area contributed by atoms with Crippen LogP contribution in [-0.2, 0) is 10.0 Å². The van der Waals surface area contributed by atoms with Gasteiger partial charge in [-0.1, -0.05) is 49.1 Å². The average molecular weight is 570 g/mol. The Labute approximate surface area is 231 Å². The summed E-state index contributed by atoms with van der Waals surface area (Å²) in [7, 11) is -2.36. The number of nitro benzene ring substituents is 1. The van der Waals surface area contributed by atoms with Crippen molar-refractivity contribution in [2.24, 2.45) is 5.92 Å². The Balaban J connectivity index is 1.71. The number of likely N-dealkylation sites (N-methyl/N-ethyl adjacent to an activating group) is 1. The molecule has 0 amide bonds. The van der Waals surface area contributed by atoms with Gasteiger partial charge in [0.1, 0.15) is 10.5 Å². The summed E-state index contributed by atoms with van der Waals surface area (Å²) >= 11 is 6.73. The molecule has 9 nitrogen and oxygen atoms in total. The van der Waals surface area contributed by atoms with Crippen LogP contribution in [0.25, 0.3) is 11.1 Å². The van der Waals surface area contributed by atoms with Gasteiger partial charge in [-0.2, -0.15) is 4.31 Å². The number of carboxylic acid groups (broad SMARTS) is 1. The lowest BCUT2D eigenvalue weighted by atomic mass is 9.83. The maximum atomic E-state index is 14.1. The van der Waals surface area contributed by atoms with Crippen molar-refractivity contribution < 1.29 is 23.2 Å². The molecule has 1 aliphatic heterocycles. The first kappa shape index (κ1) is 27.1. The number of rotatable bonds is 5. The highest BCUT2D eigenvalue weighted by molar-refractivity contribution is 7.89. The van der Waals surface area contributed by atoms with Crippen molar-refractivity contribution in [2.75, 3.05) is 18.5 Å². The van der Waals surface area contributed by atoms with E-state index in [-0.39, 0.29) is 33.0 Å². The number of halogens is 1. The Morgan fingerprint density at radius 3 is 2.38 bits per heavy atom. The van der Waals surface area contributed by atoms with Crippen molar-refractivity contribution in [2.45, 2.75) is 43.0 Å². The minimum absolute atomic E-state index is 0.0433. The molecule has 0 aromatic heterocycles. The van der Waals surface area contributed by atoms with Gasteiger partial charge in [-0.3, -0.25) is 10.1 Å². The number of sulfonamides is 1. The van der Waals surface area contributed by atoms with Crippen LogP contribution in [0, 0.1) is 16.0 Å². The van der Waals surface area contributed by atoms with Gasteiger partial charge < -0.3 is 10.0 Å². The van der Waals surface area contributed by atoms with Gasteiger partial charge in [0.25, 0.3) is 5.69 Å². The van der Waals surface area contributed by atoms with Gasteiger partial charge in [-0.05, 0) is 60.7 Å². The summed E-state index contributed by atoms with van der Waals surface area (Å²) in [5, 5.41) is 21.1. The number of hydrogen-bond donors (Lipinski definition) is 1. The van der Waals surface area contributed by atoms with E-state index >= 15 is 0 Å². The minimum atomic E-state index is -3.98. The molecule has 0 radical (unpaired) electrons. The van der Waals surface area contributed by atoms with Crippen molar-refractivity contribution in [3.05, 3.63) is 81.4 Å². The third-order valence-electron chi connectivity index (χ3n) is 7.83. The van der Waals surface area contributed by atoms with E-state index in [1.807, 2.05) is 35.2 Å². The second-order valence-corrected chi connectivity index (χ2v) is 12.4. The van der Waals surface area contributed by atoms with E-state index in [0.29, 0.717) is 12.2 Å². The van der Waals surface area contributed by atoms with Crippen molar-refractivity contribution in [1.82, 2.24) is 4.31 Å². The summed E-state index contributed by atoms with van der Waals surface area (Å²) in [5.74, 6) is -1.26. The summed E-state index contributed by atoms with van der Waals surface area (Å²) in [6, 6.07) is 16.0. The van der Waals surface area contributed by atoms with E-state index in [4.69, 9.17) is 11.6 Å². The number of hydrogen-bond acceptors (Lipinski definition) is 6. The number of fused-ring (bicyclic) bond motifs is 1. The molecule has 1 fully saturated rings. The molecule has 1 saturated carbocycles. The van der Waals surface area contributed by atoms with Gasteiger partial charge in [-0.15, -0.1) is 0 Å². The standard InChI is InChI=1S/C28H28ClN3O6S/c1-30-26(18-8-4-2-5-9-18)17-31(20-10-6-3-7-11-20)25-16-23(29)21(15-27(25)39(30,37)38)19-12-13-24(32(35)36)22(14-19)28(33)34/h3,6-7,10-16,18,26H,2,4-5,8-9,17H2,1H3,(H,33,34)/t26-/m0/s1. The van der Waals surface area contributed by atoms with E-state index in [2.05, 4.69) is 0 Å². The molecule has 11 heteroatoms. The normalized spacial score (nSPS) is 19.7.